The minimum absolute atomic E-state index is 0.0740. The van der Waals surface area contributed by atoms with Crippen molar-refractivity contribution in [2.75, 3.05) is 38.6 Å². The maximum Gasteiger partial charge on any atom is 0.223 e. The van der Waals surface area contributed by atoms with Gasteiger partial charge in [-0.15, -0.1) is 0 Å². The maximum atomic E-state index is 12.4. The number of nitrogens with one attached hydrogen (secondary N) is 1. The van der Waals surface area contributed by atoms with Crippen LogP contribution in [0.2, 0.25) is 0 Å². The number of ether oxygens (including phenoxy) is 2. The van der Waals surface area contributed by atoms with Crippen LogP contribution >= 0.6 is 0 Å². The highest BCUT2D eigenvalue weighted by Crippen LogP contribution is 2.31. The Hall–Kier alpha value is -1.60. The summed E-state index contributed by atoms with van der Waals surface area (Å²) in [6.45, 7) is 5.42. The number of rotatable bonds is 4. The summed E-state index contributed by atoms with van der Waals surface area (Å²) in [5.41, 5.74) is 0. The number of fused-ring (bicyclic) bond motifs is 1. The first kappa shape index (κ1) is 16.3. The molecule has 1 amide bonds. The molecular weight excluding hydrogens is 316 g/mol. The molecule has 0 aromatic heterocycles. The van der Waals surface area contributed by atoms with Gasteiger partial charge in [0.1, 0.15) is 13.2 Å². The van der Waals surface area contributed by atoms with Gasteiger partial charge in [-0.25, -0.2) is 0 Å². The summed E-state index contributed by atoms with van der Waals surface area (Å²) in [5.74, 6) is 1.71. The zero-order chi connectivity index (χ0) is 16.2. The highest BCUT2D eigenvalue weighted by atomic mass is 32.2. The molecule has 2 heterocycles. The molecule has 1 fully saturated rings. The van der Waals surface area contributed by atoms with E-state index in [1.165, 1.54) is 0 Å². The molecule has 2 atom stereocenters. The van der Waals surface area contributed by atoms with E-state index >= 15 is 0 Å². The zero-order valence-electron chi connectivity index (χ0n) is 13.2. The van der Waals surface area contributed by atoms with Crippen molar-refractivity contribution >= 4 is 16.7 Å². The molecule has 0 bridgehead atoms. The average molecular weight is 338 g/mol. The van der Waals surface area contributed by atoms with E-state index in [2.05, 4.69) is 5.32 Å². The molecule has 2 aliphatic rings. The Balaban J connectivity index is 1.57. The van der Waals surface area contributed by atoms with Gasteiger partial charge in [0.05, 0.1) is 10.8 Å². The van der Waals surface area contributed by atoms with Gasteiger partial charge in [0.25, 0.3) is 0 Å². The Morgan fingerprint density at radius 1 is 1.35 bits per heavy atom. The molecule has 6 nitrogen and oxygen atoms in total. The molecule has 0 spiro atoms. The average Bonchev–Trinajstić information content (AvgIpc) is 2.59. The van der Waals surface area contributed by atoms with Crippen LogP contribution in [-0.4, -0.2) is 59.7 Å². The third-order valence-corrected chi connectivity index (χ3v) is 5.45. The first-order chi connectivity index (χ1) is 11.1. The van der Waals surface area contributed by atoms with E-state index in [-0.39, 0.29) is 11.9 Å². The summed E-state index contributed by atoms with van der Waals surface area (Å²) in [7, 11) is -1.22. The highest BCUT2D eigenvalue weighted by Gasteiger charge is 2.23. The smallest absolute Gasteiger partial charge is 0.223 e. The topological polar surface area (TPSA) is 67.9 Å². The summed E-state index contributed by atoms with van der Waals surface area (Å²) in [6, 6.07) is 5.50. The lowest BCUT2D eigenvalue weighted by Gasteiger charge is -2.34. The van der Waals surface area contributed by atoms with Crippen molar-refractivity contribution < 1.29 is 18.5 Å². The maximum absolute atomic E-state index is 12.4. The second-order valence-corrected chi connectivity index (χ2v) is 7.32. The van der Waals surface area contributed by atoms with Crippen LogP contribution in [0.5, 0.6) is 11.5 Å². The SMILES string of the molecule is CC1CNCCN1C(=O)CCS(=O)c1ccc2c(c1)OCCO2. The van der Waals surface area contributed by atoms with Crippen LogP contribution in [0.4, 0.5) is 0 Å². The predicted octanol–water partition coefficient (Wildman–Crippen LogP) is 0.776. The van der Waals surface area contributed by atoms with E-state index in [0.29, 0.717) is 41.8 Å². The van der Waals surface area contributed by atoms with E-state index in [1.807, 2.05) is 11.8 Å². The lowest BCUT2D eigenvalue weighted by molar-refractivity contribution is -0.133. The van der Waals surface area contributed by atoms with Crippen molar-refractivity contribution in [3.63, 3.8) is 0 Å². The zero-order valence-corrected chi connectivity index (χ0v) is 14.1. The van der Waals surface area contributed by atoms with E-state index in [4.69, 9.17) is 9.47 Å². The highest BCUT2D eigenvalue weighted by molar-refractivity contribution is 7.85. The molecule has 1 aromatic carbocycles. The van der Waals surface area contributed by atoms with Crippen molar-refractivity contribution in [1.82, 2.24) is 10.2 Å². The number of nitrogens with zero attached hydrogens (tertiary/aromatic N) is 1. The number of carbonyl (C=O) groups is 1. The molecule has 1 N–H and O–H groups in total. The van der Waals surface area contributed by atoms with E-state index in [1.54, 1.807) is 18.2 Å². The molecule has 0 aliphatic carbocycles. The molecule has 0 radical (unpaired) electrons. The molecule has 126 valence electrons. The normalized spacial score (nSPS) is 21.8. The first-order valence-corrected chi connectivity index (χ1v) is 9.25. The summed E-state index contributed by atoms with van der Waals surface area (Å²) in [6.07, 6.45) is 0.297. The third-order valence-electron chi connectivity index (χ3n) is 4.10. The van der Waals surface area contributed by atoms with E-state index in [9.17, 15) is 9.00 Å². The molecule has 1 aromatic rings. The van der Waals surface area contributed by atoms with Crippen LogP contribution in [0.3, 0.4) is 0 Å². The van der Waals surface area contributed by atoms with Gasteiger partial charge < -0.3 is 19.7 Å². The Bertz CT molecular complexity index is 608. The van der Waals surface area contributed by atoms with Crippen molar-refractivity contribution in [2.45, 2.75) is 24.3 Å². The van der Waals surface area contributed by atoms with Gasteiger partial charge >= 0.3 is 0 Å². The van der Waals surface area contributed by atoms with E-state index in [0.717, 1.165) is 19.6 Å². The lowest BCUT2D eigenvalue weighted by Crippen LogP contribution is -2.52. The fourth-order valence-electron chi connectivity index (χ4n) is 2.82. The monoisotopic (exact) mass is 338 g/mol. The minimum Gasteiger partial charge on any atom is -0.486 e. The van der Waals surface area contributed by atoms with Gasteiger partial charge in [-0.2, -0.15) is 0 Å². The fraction of sp³-hybridized carbons (Fsp3) is 0.562. The lowest BCUT2D eigenvalue weighted by atomic mass is 10.2. The molecule has 7 heteroatoms. The van der Waals surface area contributed by atoms with Crippen molar-refractivity contribution in [3.8, 4) is 11.5 Å². The van der Waals surface area contributed by atoms with Crippen LogP contribution in [0.1, 0.15) is 13.3 Å². The number of carbonyl (C=O) groups excluding carboxylic acids is 1. The number of benzene rings is 1. The number of hydrogen-bond acceptors (Lipinski definition) is 5. The summed E-state index contributed by atoms with van der Waals surface area (Å²) in [5, 5.41) is 3.26. The molecule has 2 unspecified atom stereocenters. The predicted molar refractivity (Wildman–Crippen MR) is 87.4 cm³/mol. The van der Waals surface area contributed by atoms with Crippen LogP contribution < -0.4 is 14.8 Å². The molecule has 2 aliphatic heterocycles. The van der Waals surface area contributed by atoms with Crippen LogP contribution in [0.15, 0.2) is 23.1 Å². The second kappa shape index (κ2) is 7.31. The number of amides is 1. The molecule has 1 saturated heterocycles. The molecule has 3 rings (SSSR count). The summed E-state index contributed by atoms with van der Waals surface area (Å²) < 4.78 is 23.4. The third kappa shape index (κ3) is 3.84. The van der Waals surface area contributed by atoms with Crippen LogP contribution in [0.25, 0.3) is 0 Å². The van der Waals surface area contributed by atoms with Crippen molar-refractivity contribution in [2.24, 2.45) is 0 Å². The second-order valence-electron chi connectivity index (χ2n) is 5.75. The Morgan fingerprint density at radius 3 is 2.91 bits per heavy atom. The van der Waals surface area contributed by atoms with Gasteiger partial charge in [-0.1, -0.05) is 0 Å². The minimum atomic E-state index is -1.22. The van der Waals surface area contributed by atoms with Crippen LogP contribution in [-0.2, 0) is 15.6 Å². The van der Waals surface area contributed by atoms with E-state index < -0.39 is 10.8 Å². The first-order valence-electron chi connectivity index (χ1n) is 7.93. The quantitative estimate of drug-likeness (QED) is 0.879. The molecule has 23 heavy (non-hydrogen) atoms. The summed E-state index contributed by atoms with van der Waals surface area (Å²) >= 11 is 0. The largest absolute Gasteiger partial charge is 0.486 e. The van der Waals surface area contributed by atoms with Gasteiger partial charge in [0.15, 0.2) is 11.5 Å². The molecule has 0 saturated carbocycles. The van der Waals surface area contributed by atoms with Gasteiger partial charge in [-0.05, 0) is 19.1 Å². The Kier molecular flexibility index (Phi) is 5.17. The van der Waals surface area contributed by atoms with Gasteiger partial charge in [-0.3, -0.25) is 9.00 Å². The Labute approximate surface area is 138 Å². The molecular formula is C16H22N2O4S. The van der Waals surface area contributed by atoms with Gasteiger partial charge in [0, 0.05) is 48.8 Å². The summed E-state index contributed by atoms with van der Waals surface area (Å²) in [4.78, 5) is 14.8. The van der Waals surface area contributed by atoms with Crippen molar-refractivity contribution in [3.05, 3.63) is 18.2 Å². The Morgan fingerprint density at radius 2 is 2.13 bits per heavy atom. The number of hydrogen-bond donors (Lipinski definition) is 1. The standard InChI is InChI=1S/C16H22N2O4S/c1-12-11-17-5-6-18(12)16(19)4-9-23(20)13-2-3-14-15(10-13)22-8-7-21-14/h2-3,10,12,17H,4-9,11H2,1H3. The fourth-order valence-corrected chi connectivity index (χ4v) is 3.87. The van der Waals surface area contributed by atoms with Crippen molar-refractivity contribution in [1.29, 1.82) is 0 Å². The number of piperazine rings is 1. The van der Waals surface area contributed by atoms with Crippen LogP contribution in [0, 0.1) is 0 Å². The van der Waals surface area contributed by atoms with Gasteiger partial charge in [0.2, 0.25) is 5.91 Å².